The lowest BCUT2D eigenvalue weighted by atomic mass is 10.1. The number of anilines is 3. The van der Waals surface area contributed by atoms with Gasteiger partial charge in [-0.1, -0.05) is 12.1 Å². The molecule has 2 rings (SSSR count). The standard InChI is InChI=1S/C15H16IN3O/c1-19(2)14-8-7-10(9-12(14)17)15(20)18-13-6-4-3-5-11(13)16/h3-9H,17H2,1-2H3,(H,18,20). The molecule has 0 bridgehead atoms. The van der Waals surface area contributed by atoms with E-state index < -0.39 is 0 Å². The highest BCUT2D eigenvalue weighted by atomic mass is 127. The van der Waals surface area contributed by atoms with E-state index in [0.717, 1.165) is 14.9 Å². The molecular weight excluding hydrogens is 365 g/mol. The monoisotopic (exact) mass is 381 g/mol. The molecule has 2 aromatic carbocycles. The van der Waals surface area contributed by atoms with Gasteiger partial charge in [-0.05, 0) is 52.9 Å². The summed E-state index contributed by atoms with van der Waals surface area (Å²) in [6.45, 7) is 0. The Morgan fingerprint density at radius 2 is 1.90 bits per heavy atom. The van der Waals surface area contributed by atoms with Crippen LogP contribution in [-0.2, 0) is 0 Å². The zero-order valence-electron chi connectivity index (χ0n) is 11.4. The number of halogens is 1. The molecule has 0 aliphatic heterocycles. The van der Waals surface area contributed by atoms with Crippen molar-refractivity contribution in [2.24, 2.45) is 0 Å². The molecule has 5 heteroatoms. The molecule has 0 fully saturated rings. The summed E-state index contributed by atoms with van der Waals surface area (Å²) in [7, 11) is 3.83. The minimum absolute atomic E-state index is 0.161. The second-order valence-electron chi connectivity index (χ2n) is 4.60. The molecule has 1 amide bonds. The molecule has 0 aliphatic rings. The Hall–Kier alpha value is -1.76. The molecule has 2 aromatic rings. The van der Waals surface area contributed by atoms with Crippen LogP contribution >= 0.6 is 22.6 Å². The molecule has 0 radical (unpaired) electrons. The SMILES string of the molecule is CN(C)c1ccc(C(=O)Nc2ccccc2I)cc1N. The van der Waals surface area contributed by atoms with Crippen molar-refractivity contribution in [2.45, 2.75) is 0 Å². The molecule has 0 saturated carbocycles. The van der Waals surface area contributed by atoms with Crippen LogP contribution in [0, 0.1) is 3.57 Å². The summed E-state index contributed by atoms with van der Waals surface area (Å²) < 4.78 is 0.997. The molecule has 0 aliphatic carbocycles. The first-order valence-corrected chi connectivity index (χ1v) is 7.19. The van der Waals surface area contributed by atoms with E-state index in [0.29, 0.717) is 11.3 Å². The van der Waals surface area contributed by atoms with E-state index in [1.165, 1.54) is 0 Å². The summed E-state index contributed by atoms with van der Waals surface area (Å²) in [4.78, 5) is 14.1. The van der Waals surface area contributed by atoms with Crippen LogP contribution in [0.25, 0.3) is 0 Å². The van der Waals surface area contributed by atoms with Gasteiger partial charge in [-0.2, -0.15) is 0 Å². The highest BCUT2D eigenvalue weighted by molar-refractivity contribution is 14.1. The second-order valence-corrected chi connectivity index (χ2v) is 5.76. The van der Waals surface area contributed by atoms with Gasteiger partial charge < -0.3 is 16.0 Å². The molecule has 0 heterocycles. The maximum Gasteiger partial charge on any atom is 0.255 e. The molecule has 104 valence electrons. The van der Waals surface area contributed by atoms with Crippen molar-refractivity contribution < 1.29 is 4.79 Å². The topological polar surface area (TPSA) is 58.4 Å². The maximum atomic E-state index is 12.2. The number of benzene rings is 2. The van der Waals surface area contributed by atoms with Crippen LogP contribution in [0.15, 0.2) is 42.5 Å². The summed E-state index contributed by atoms with van der Waals surface area (Å²) in [5.74, 6) is -0.161. The number of amides is 1. The Balaban J connectivity index is 2.22. The largest absolute Gasteiger partial charge is 0.397 e. The number of carbonyl (C=O) groups excluding carboxylic acids is 1. The van der Waals surface area contributed by atoms with E-state index in [1.807, 2.05) is 49.3 Å². The van der Waals surface area contributed by atoms with Crippen molar-refractivity contribution in [3.63, 3.8) is 0 Å². The first kappa shape index (κ1) is 14.6. The molecule has 0 aromatic heterocycles. The average Bonchev–Trinajstić information content (AvgIpc) is 2.40. The van der Waals surface area contributed by atoms with Gasteiger partial charge in [-0.15, -0.1) is 0 Å². The van der Waals surface area contributed by atoms with Crippen LogP contribution < -0.4 is 16.0 Å². The van der Waals surface area contributed by atoms with Gasteiger partial charge in [0.1, 0.15) is 0 Å². The molecule has 3 N–H and O–H groups in total. The number of nitrogens with one attached hydrogen (secondary N) is 1. The molecule has 0 atom stereocenters. The predicted octanol–water partition coefficient (Wildman–Crippen LogP) is 3.19. The lowest BCUT2D eigenvalue weighted by Gasteiger charge is -2.16. The lowest BCUT2D eigenvalue weighted by Crippen LogP contribution is -2.15. The number of nitrogens with zero attached hydrogens (tertiary/aromatic N) is 1. The highest BCUT2D eigenvalue weighted by Gasteiger charge is 2.10. The van der Waals surface area contributed by atoms with Crippen LogP contribution in [0.4, 0.5) is 17.1 Å². The molecule has 20 heavy (non-hydrogen) atoms. The van der Waals surface area contributed by atoms with Crippen LogP contribution in [0.5, 0.6) is 0 Å². The fourth-order valence-corrected chi connectivity index (χ4v) is 2.38. The van der Waals surface area contributed by atoms with Crippen molar-refractivity contribution >= 4 is 45.6 Å². The molecule has 4 nitrogen and oxygen atoms in total. The van der Waals surface area contributed by atoms with Crippen molar-refractivity contribution in [1.29, 1.82) is 0 Å². The number of carbonyl (C=O) groups is 1. The van der Waals surface area contributed by atoms with Gasteiger partial charge in [-0.3, -0.25) is 4.79 Å². The van der Waals surface area contributed by atoms with E-state index in [1.54, 1.807) is 12.1 Å². The second kappa shape index (κ2) is 6.13. The van der Waals surface area contributed by atoms with Crippen LogP contribution in [0.3, 0.4) is 0 Å². The van der Waals surface area contributed by atoms with Gasteiger partial charge in [0.2, 0.25) is 0 Å². The molecular formula is C15H16IN3O. The Morgan fingerprint density at radius 1 is 1.20 bits per heavy atom. The number of rotatable bonds is 3. The molecule has 0 unspecified atom stereocenters. The van der Waals surface area contributed by atoms with Crippen molar-refractivity contribution in [1.82, 2.24) is 0 Å². The third-order valence-electron chi connectivity index (χ3n) is 2.89. The van der Waals surface area contributed by atoms with E-state index in [9.17, 15) is 4.79 Å². The van der Waals surface area contributed by atoms with Gasteiger partial charge in [0, 0.05) is 23.2 Å². The number of hydrogen-bond donors (Lipinski definition) is 2. The fraction of sp³-hybridized carbons (Fsp3) is 0.133. The van der Waals surface area contributed by atoms with Gasteiger partial charge in [0.05, 0.1) is 17.1 Å². The smallest absolute Gasteiger partial charge is 0.255 e. The zero-order chi connectivity index (χ0) is 14.7. The zero-order valence-corrected chi connectivity index (χ0v) is 13.5. The minimum Gasteiger partial charge on any atom is -0.397 e. The fourth-order valence-electron chi connectivity index (χ4n) is 1.86. The van der Waals surface area contributed by atoms with E-state index in [-0.39, 0.29) is 5.91 Å². The number of para-hydroxylation sites is 1. The quantitative estimate of drug-likeness (QED) is 0.634. The Kier molecular flexibility index (Phi) is 4.49. The van der Waals surface area contributed by atoms with Crippen LogP contribution in [-0.4, -0.2) is 20.0 Å². The van der Waals surface area contributed by atoms with Crippen molar-refractivity contribution in [3.05, 3.63) is 51.6 Å². The van der Waals surface area contributed by atoms with Crippen LogP contribution in [0.1, 0.15) is 10.4 Å². The summed E-state index contributed by atoms with van der Waals surface area (Å²) in [6, 6.07) is 13.0. The molecule has 0 saturated heterocycles. The van der Waals surface area contributed by atoms with Crippen molar-refractivity contribution in [2.75, 3.05) is 30.0 Å². The molecule has 0 spiro atoms. The van der Waals surface area contributed by atoms with E-state index in [4.69, 9.17) is 5.73 Å². The number of nitrogen functional groups attached to an aromatic ring is 1. The van der Waals surface area contributed by atoms with Gasteiger partial charge in [0.15, 0.2) is 0 Å². The first-order valence-electron chi connectivity index (χ1n) is 6.12. The Morgan fingerprint density at radius 3 is 2.50 bits per heavy atom. The normalized spacial score (nSPS) is 10.2. The Bertz CT molecular complexity index is 641. The average molecular weight is 381 g/mol. The van der Waals surface area contributed by atoms with Gasteiger partial charge >= 0.3 is 0 Å². The van der Waals surface area contributed by atoms with Crippen molar-refractivity contribution in [3.8, 4) is 0 Å². The van der Waals surface area contributed by atoms with Crippen LogP contribution in [0.2, 0.25) is 0 Å². The lowest BCUT2D eigenvalue weighted by molar-refractivity contribution is 0.102. The first-order chi connectivity index (χ1) is 9.49. The highest BCUT2D eigenvalue weighted by Crippen LogP contribution is 2.23. The predicted molar refractivity (Wildman–Crippen MR) is 92.3 cm³/mol. The van der Waals surface area contributed by atoms with E-state index >= 15 is 0 Å². The summed E-state index contributed by atoms with van der Waals surface area (Å²) in [6.07, 6.45) is 0. The summed E-state index contributed by atoms with van der Waals surface area (Å²) in [5.41, 5.74) is 8.80. The van der Waals surface area contributed by atoms with E-state index in [2.05, 4.69) is 27.9 Å². The summed E-state index contributed by atoms with van der Waals surface area (Å²) >= 11 is 2.19. The summed E-state index contributed by atoms with van der Waals surface area (Å²) in [5, 5.41) is 2.89. The maximum absolute atomic E-state index is 12.2. The van der Waals surface area contributed by atoms with Gasteiger partial charge in [-0.25, -0.2) is 0 Å². The third kappa shape index (κ3) is 3.22. The Labute approximate surface area is 132 Å². The van der Waals surface area contributed by atoms with Gasteiger partial charge in [0.25, 0.3) is 5.91 Å². The third-order valence-corrected chi connectivity index (χ3v) is 3.83. The number of hydrogen-bond acceptors (Lipinski definition) is 3. The number of nitrogens with two attached hydrogens (primary N) is 1. The minimum atomic E-state index is -0.161.